The van der Waals surface area contributed by atoms with Gasteiger partial charge < -0.3 is 15.4 Å². The van der Waals surface area contributed by atoms with Crippen LogP contribution in [-0.4, -0.2) is 31.2 Å². The van der Waals surface area contributed by atoms with Gasteiger partial charge in [0.2, 0.25) is 0 Å². The number of hydrogen-bond acceptors (Lipinski definition) is 4. The second kappa shape index (κ2) is 6.48. The van der Waals surface area contributed by atoms with Gasteiger partial charge in [0.15, 0.2) is 0 Å². The fourth-order valence-electron chi connectivity index (χ4n) is 2.83. The summed E-state index contributed by atoms with van der Waals surface area (Å²) in [4.78, 5) is 14.5. The molecule has 4 heteroatoms. The lowest BCUT2D eigenvalue weighted by Gasteiger charge is -2.35. The maximum atomic E-state index is 12.3. The molecule has 0 aromatic heterocycles. The smallest absolute Gasteiger partial charge is 0.328 e. The van der Waals surface area contributed by atoms with Crippen molar-refractivity contribution < 1.29 is 9.53 Å². The van der Waals surface area contributed by atoms with E-state index in [4.69, 9.17) is 10.5 Å². The number of ether oxygens (including phenoxy) is 1. The molecule has 2 rings (SSSR count). The van der Waals surface area contributed by atoms with Gasteiger partial charge in [-0.25, -0.2) is 4.79 Å². The molecule has 0 heterocycles. The van der Waals surface area contributed by atoms with Crippen LogP contribution in [0.1, 0.15) is 32.3 Å². The average Bonchev–Trinajstić information content (AvgIpc) is 3.30. The molecule has 1 atom stereocenters. The van der Waals surface area contributed by atoms with Crippen molar-refractivity contribution in [1.29, 1.82) is 0 Å². The van der Waals surface area contributed by atoms with E-state index in [1.54, 1.807) is 0 Å². The molecule has 1 aromatic carbocycles. The molecule has 1 unspecified atom stereocenters. The third kappa shape index (κ3) is 3.38. The molecule has 0 aliphatic heterocycles. The van der Waals surface area contributed by atoms with Crippen molar-refractivity contribution >= 4 is 11.7 Å². The zero-order valence-corrected chi connectivity index (χ0v) is 13.3. The van der Waals surface area contributed by atoms with E-state index in [0.29, 0.717) is 13.2 Å². The Morgan fingerprint density at radius 2 is 2.05 bits per heavy atom. The minimum atomic E-state index is -0.895. The minimum Gasteiger partial charge on any atom is -0.465 e. The van der Waals surface area contributed by atoms with Crippen LogP contribution in [0.4, 0.5) is 5.69 Å². The molecule has 2 N–H and O–H groups in total. The van der Waals surface area contributed by atoms with E-state index in [9.17, 15) is 4.79 Å². The number of carbonyl (C=O) groups is 1. The molecule has 4 nitrogen and oxygen atoms in total. The third-order valence-corrected chi connectivity index (χ3v) is 4.25. The summed E-state index contributed by atoms with van der Waals surface area (Å²) >= 11 is 0. The van der Waals surface area contributed by atoms with Crippen molar-refractivity contribution in [3.63, 3.8) is 0 Å². The van der Waals surface area contributed by atoms with Crippen molar-refractivity contribution in [3.8, 4) is 0 Å². The van der Waals surface area contributed by atoms with E-state index in [-0.39, 0.29) is 11.9 Å². The van der Waals surface area contributed by atoms with Gasteiger partial charge in [-0.15, -0.1) is 0 Å². The molecule has 0 bridgehead atoms. The van der Waals surface area contributed by atoms with E-state index < -0.39 is 5.54 Å². The number of benzene rings is 1. The first-order chi connectivity index (χ1) is 10.0. The Morgan fingerprint density at radius 3 is 2.57 bits per heavy atom. The Morgan fingerprint density at radius 1 is 1.38 bits per heavy atom. The molecule has 1 aliphatic carbocycles. The largest absolute Gasteiger partial charge is 0.465 e. The highest BCUT2D eigenvalue weighted by Crippen LogP contribution is 2.40. The number of esters is 1. The molecular formula is C17H26N2O2. The highest BCUT2D eigenvalue weighted by atomic mass is 16.5. The lowest BCUT2D eigenvalue weighted by Crippen LogP contribution is -2.59. The number of anilines is 1. The van der Waals surface area contributed by atoms with Crippen molar-refractivity contribution in [2.75, 3.05) is 24.6 Å². The predicted octanol–water partition coefficient (Wildman–Crippen LogP) is 2.49. The van der Waals surface area contributed by atoms with Crippen LogP contribution in [0.25, 0.3) is 0 Å². The first kappa shape index (κ1) is 15.8. The van der Waals surface area contributed by atoms with E-state index in [1.165, 1.54) is 5.56 Å². The van der Waals surface area contributed by atoms with Crippen LogP contribution >= 0.6 is 0 Å². The summed E-state index contributed by atoms with van der Waals surface area (Å²) in [6.45, 7) is 7.70. The highest BCUT2D eigenvalue weighted by Gasteiger charge is 2.50. The second-order valence-electron chi connectivity index (χ2n) is 5.84. The fourth-order valence-corrected chi connectivity index (χ4v) is 2.83. The number of hydrogen-bond donors (Lipinski definition) is 1. The molecule has 1 fully saturated rings. The van der Waals surface area contributed by atoms with Crippen LogP contribution in [0.5, 0.6) is 0 Å². The summed E-state index contributed by atoms with van der Waals surface area (Å²) in [5.41, 5.74) is 7.92. The number of likely N-dealkylation sites (N-methyl/N-ethyl adjacent to an activating group) is 1. The van der Waals surface area contributed by atoms with Gasteiger partial charge in [-0.1, -0.05) is 18.2 Å². The van der Waals surface area contributed by atoms with E-state index in [0.717, 1.165) is 25.1 Å². The average molecular weight is 290 g/mol. The number of carbonyl (C=O) groups excluding carboxylic acids is 1. The molecule has 116 valence electrons. The zero-order chi connectivity index (χ0) is 15.5. The Hall–Kier alpha value is -1.55. The van der Waals surface area contributed by atoms with Crippen LogP contribution in [0.15, 0.2) is 24.3 Å². The van der Waals surface area contributed by atoms with Gasteiger partial charge in [-0.2, -0.15) is 0 Å². The molecule has 1 aromatic rings. The number of aryl methyl sites for hydroxylation is 1. The fraction of sp³-hybridized carbons (Fsp3) is 0.588. The van der Waals surface area contributed by atoms with Gasteiger partial charge in [0.05, 0.1) is 6.61 Å². The monoisotopic (exact) mass is 290 g/mol. The van der Waals surface area contributed by atoms with E-state index in [2.05, 4.69) is 30.9 Å². The zero-order valence-electron chi connectivity index (χ0n) is 13.3. The maximum absolute atomic E-state index is 12.3. The molecule has 0 saturated heterocycles. The summed E-state index contributed by atoms with van der Waals surface area (Å²) in [6.07, 6.45) is 2.03. The van der Waals surface area contributed by atoms with E-state index >= 15 is 0 Å². The van der Waals surface area contributed by atoms with Crippen LogP contribution in [0, 0.1) is 12.8 Å². The molecule has 21 heavy (non-hydrogen) atoms. The molecule has 0 radical (unpaired) electrons. The highest BCUT2D eigenvalue weighted by molar-refractivity contribution is 5.82. The van der Waals surface area contributed by atoms with Gasteiger partial charge in [0.1, 0.15) is 5.54 Å². The lowest BCUT2D eigenvalue weighted by molar-refractivity contribution is -0.150. The standard InChI is InChI=1S/C17H26N2O2/c1-4-19(15-9-7-6-8-13(15)3)12-17(18,14-10-11-14)16(20)21-5-2/h6-9,14H,4-5,10-12,18H2,1-3H3. The van der Waals surface area contributed by atoms with Gasteiger partial charge in [0, 0.05) is 18.8 Å². The first-order valence-electron chi connectivity index (χ1n) is 7.79. The van der Waals surface area contributed by atoms with Gasteiger partial charge in [-0.3, -0.25) is 0 Å². The van der Waals surface area contributed by atoms with Crippen molar-refractivity contribution in [3.05, 3.63) is 29.8 Å². The van der Waals surface area contributed by atoms with Gasteiger partial charge >= 0.3 is 5.97 Å². The molecule has 0 amide bonds. The minimum absolute atomic E-state index is 0.245. The van der Waals surface area contributed by atoms with Crippen molar-refractivity contribution in [2.45, 2.75) is 39.2 Å². The Kier molecular flexibility index (Phi) is 4.88. The quantitative estimate of drug-likeness (QED) is 0.784. The van der Waals surface area contributed by atoms with Crippen LogP contribution in [0.2, 0.25) is 0 Å². The van der Waals surface area contributed by atoms with Crippen molar-refractivity contribution in [2.24, 2.45) is 11.7 Å². The maximum Gasteiger partial charge on any atom is 0.328 e. The van der Waals surface area contributed by atoms with Crippen LogP contribution < -0.4 is 10.6 Å². The normalized spacial score (nSPS) is 17.1. The molecule has 1 aliphatic rings. The summed E-state index contributed by atoms with van der Waals surface area (Å²) < 4.78 is 5.23. The van der Waals surface area contributed by atoms with Crippen molar-refractivity contribution in [1.82, 2.24) is 0 Å². The lowest BCUT2D eigenvalue weighted by atomic mass is 9.93. The second-order valence-corrected chi connectivity index (χ2v) is 5.84. The first-order valence-corrected chi connectivity index (χ1v) is 7.79. The van der Waals surface area contributed by atoms with E-state index in [1.807, 2.05) is 19.1 Å². The molecule has 0 spiro atoms. The Labute approximate surface area is 127 Å². The Balaban J connectivity index is 2.22. The third-order valence-electron chi connectivity index (χ3n) is 4.25. The van der Waals surface area contributed by atoms with Gasteiger partial charge in [-0.05, 0) is 51.2 Å². The number of rotatable bonds is 7. The summed E-state index contributed by atoms with van der Waals surface area (Å²) in [6, 6.07) is 8.20. The molecule has 1 saturated carbocycles. The predicted molar refractivity (Wildman–Crippen MR) is 85.3 cm³/mol. The summed E-state index contributed by atoms with van der Waals surface area (Å²) in [5.74, 6) is -0.0193. The number of para-hydroxylation sites is 1. The number of nitrogens with zero attached hydrogens (tertiary/aromatic N) is 1. The summed E-state index contributed by atoms with van der Waals surface area (Å²) in [5, 5.41) is 0. The molecular weight excluding hydrogens is 264 g/mol. The topological polar surface area (TPSA) is 55.6 Å². The Bertz CT molecular complexity index is 499. The van der Waals surface area contributed by atoms with Crippen LogP contribution in [-0.2, 0) is 9.53 Å². The number of nitrogens with two attached hydrogens (primary N) is 1. The van der Waals surface area contributed by atoms with Crippen LogP contribution in [0.3, 0.4) is 0 Å². The van der Waals surface area contributed by atoms with Gasteiger partial charge in [0.25, 0.3) is 0 Å². The SMILES string of the molecule is CCOC(=O)C(N)(CN(CC)c1ccccc1C)C1CC1. The summed E-state index contributed by atoms with van der Waals surface area (Å²) in [7, 11) is 0.